The molecular formula is C15H21N3O3S. The van der Waals surface area contributed by atoms with E-state index in [9.17, 15) is 9.59 Å². The van der Waals surface area contributed by atoms with Gasteiger partial charge in [0.1, 0.15) is 0 Å². The monoisotopic (exact) mass is 323 g/mol. The molecule has 0 aromatic heterocycles. The van der Waals surface area contributed by atoms with E-state index in [0.29, 0.717) is 12.2 Å². The van der Waals surface area contributed by atoms with Gasteiger partial charge in [0.2, 0.25) is 0 Å². The van der Waals surface area contributed by atoms with E-state index in [2.05, 4.69) is 15.5 Å². The highest BCUT2D eigenvalue weighted by atomic mass is 32.2. The second kappa shape index (κ2) is 8.77. The Hall–Kier alpha value is -1.57. The standard InChI is InChI=1S/C15H21N3O3S/c1-22-13-4-2-3-12(11-13)17-15(20)14(19)16-5-6-18-7-9-21-10-8-18/h2-4,11H,5-10H2,1H3,(H,16,19)(H,17,20). The summed E-state index contributed by atoms with van der Waals surface area (Å²) in [7, 11) is 0. The lowest BCUT2D eigenvalue weighted by Crippen LogP contribution is -2.43. The van der Waals surface area contributed by atoms with E-state index in [1.54, 1.807) is 17.8 Å². The first-order valence-corrected chi connectivity index (χ1v) is 8.45. The number of nitrogens with zero attached hydrogens (tertiary/aromatic N) is 1. The number of rotatable bonds is 5. The highest BCUT2D eigenvalue weighted by molar-refractivity contribution is 7.98. The van der Waals surface area contributed by atoms with Crippen LogP contribution in [0, 0.1) is 0 Å². The molecule has 1 aliphatic rings. The number of nitrogens with one attached hydrogen (secondary N) is 2. The molecular weight excluding hydrogens is 302 g/mol. The molecule has 0 atom stereocenters. The minimum absolute atomic E-state index is 0.455. The topological polar surface area (TPSA) is 70.7 Å². The molecule has 6 nitrogen and oxygen atoms in total. The summed E-state index contributed by atoms with van der Waals surface area (Å²) in [5, 5.41) is 5.25. The molecule has 22 heavy (non-hydrogen) atoms. The van der Waals surface area contributed by atoms with Crippen molar-refractivity contribution in [2.45, 2.75) is 4.90 Å². The van der Waals surface area contributed by atoms with Gasteiger partial charge in [0.05, 0.1) is 13.2 Å². The average molecular weight is 323 g/mol. The van der Waals surface area contributed by atoms with Gasteiger partial charge in [-0.1, -0.05) is 6.07 Å². The molecule has 1 heterocycles. The number of thioether (sulfide) groups is 1. The van der Waals surface area contributed by atoms with Gasteiger partial charge in [-0.2, -0.15) is 0 Å². The van der Waals surface area contributed by atoms with Crippen LogP contribution in [0.3, 0.4) is 0 Å². The lowest BCUT2D eigenvalue weighted by atomic mass is 10.3. The van der Waals surface area contributed by atoms with E-state index in [4.69, 9.17) is 4.74 Å². The van der Waals surface area contributed by atoms with Crippen LogP contribution in [0.25, 0.3) is 0 Å². The Balaban J connectivity index is 1.73. The van der Waals surface area contributed by atoms with Crippen molar-refractivity contribution in [3.05, 3.63) is 24.3 Å². The first kappa shape index (κ1) is 16.8. The molecule has 7 heteroatoms. The van der Waals surface area contributed by atoms with Gasteiger partial charge in [0.15, 0.2) is 0 Å². The maximum atomic E-state index is 11.8. The fourth-order valence-corrected chi connectivity index (χ4v) is 2.58. The van der Waals surface area contributed by atoms with Crippen LogP contribution in [0.15, 0.2) is 29.2 Å². The Kier molecular flexibility index (Phi) is 6.70. The molecule has 1 aromatic carbocycles. The van der Waals surface area contributed by atoms with Gasteiger partial charge in [-0.15, -0.1) is 11.8 Å². The Morgan fingerprint density at radius 3 is 2.77 bits per heavy atom. The third-order valence-electron chi connectivity index (χ3n) is 3.35. The van der Waals surface area contributed by atoms with Gasteiger partial charge < -0.3 is 15.4 Å². The van der Waals surface area contributed by atoms with Gasteiger partial charge in [0.25, 0.3) is 0 Å². The van der Waals surface area contributed by atoms with Crippen LogP contribution in [-0.4, -0.2) is 62.4 Å². The Morgan fingerprint density at radius 2 is 2.05 bits per heavy atom. The predicted octanol–water partition coefficient (Wildman–Crippen LogP) is 0.795. The largest absolute Gasteiger partial charge is 0.379 e. The van der Waals surface area contributed by atoms with E-state index in [1.807, 2.05) is 24.5 Å². The zero-order valence-electron chi connectivity index (χ0n) is 12.6. The summed E-state index contributed by atoms with van der Waals surface area (Å²) in [6.45, 7) is 4.36. The third kappa shape index (κ3) is 5.32. The first-order valence-electron chi connectivity index (χ1n) is 7.22. The van der Waals surface area contributed by atoms with Crippen molar-refractivity contribution in [1.82, 2.24) is 10.2 Å². The highest BCUT2D eigenvalue weighted by Gasteiger charge is 2.15. The van der Waals surface area contributed by atoms with E-state index < -0.39 is 11.8 Å². The fraction of sp³-hybridized carbons (Fsp3) is 0.467. The van der Waals surface area contributed by atoms with Crippen LogP contribution >= 0.6 is 11.8 Å². The molecule has 120 valence electrons. The second-order valence-corrected chi connectivity index (χ2v) is 5.78. The molecule has 1 fully saturated rings. The van der Waals surface area contributed by atoms with E-state index in [-0.39, 0.29) is 0 Å². The summed E-state index contributed by atoms with van der Waals surface area (Å²) in [5.74, 6) is -1.25. The number of ether oxygens (including phenoxy) is 1. The number of benzene rings is 1. The molecule has 2 N–H and O–H groups in total. The van der Waals surface area contributed by atoms with Crippen molar-refractivity contribution < 1.29 is 14.3 Å². The summed E-state index contributed by atoms with van der Waals surface area (Å²) in [5.41, 5.74) is 0.625. The third-order valence-corrected chi connectivity index (χ3v) is 4.08. The zero-order chi connectivity index (χ0) is 15.8. The molecule has 0 aliphatic carbocycles. The average Bonchev–Trinajstić information content (AvgIpc) is 2.56. The maximum Gasteiger partial charge on any atom is 0.313 e. The van der Waals surface area contributed by atoms with Crippen LogP contribution in [0.5, 0.6) is 0 Å². The van der Waals surface area contributed by atoms with E-state index >= 15 is 0 Å². The van der Waals surface area contributed by atoms with Gasteiger partial charge in [-0.05, 0) is 24.5 Å². The number of carbonyl (C=O) groups is 2. The fourth-order valence-electron chi connectivity index (χ4n) is 2.12. The number of hydrogen-bond donors (Lipinski definition) is 2. The Bertz CT molecular complexity index is 519. The summed E-state index contributed by atoms with van der Waals surface area (Å²) in [4.78, 5) is 26.8. The highest BCUT2D eigenvalue weighted by Crippen LogP contribution is 2.18. The van der Waals surface area contributed by atoms with Crippen LogP contribution < -0.4 is 10.6 Å². The molecule has 0 saturated carbocycles. The normalized spacial score (nSPS) is 15.3. The lowest BCUT2D eigenvalue weighted by Gasteiger charge is -2.26. The lowest BCUT2D eigenvalue weighted by molar-refractivity contribution is -0.136. The van der Waals surface area contributed by atoms with Crippen molar-refractivity contribution in [3.63, 3.8) is 0 Å². The summed E-state index contributed by atoms with van der Waals surface area (Å²) in [6.07, 6.45) is 1.96. The molecule has 1 aliphatic heterocycles. The van der Waals surface area contributed by atoms with Gasteiger partial charge in [-0.3, -0.25) is 14.5 Å². The first-order chi connectivity index (χ1) is 10.7. The molecule has 1 saturated heterocycles. The Morgan fingerprint density at radius 1 is 1.27 bits per heavy atom. The minimum atomic E-state index is -0.639. The number of amides is 2. The molecule has 1 aromatic rings. The van der Waals surface area contributed by atoms with Crippen molar-refractivity contribution >= 4 is 29.3 Å². The number of anilines is 1. The van der Waals surface area contributed by atoms with Gasteiger partial charge in [0, 0.05) is 36.8 Å². The Labute approximate surface area is 134 Å². The van der Waals surface area contributed by atoms with Crippen molar-refractivity contribution in [1.29, 1.82) is 0 Å². The van der Waals surface area contributed by atoms with Crippen molar-refractivity contribution in [3.8, 4) is 0 Å². The molecule has 2 rings (SSSR count). The van der Waals surface area contributed by atoms with Crippen molar-refractivity contribution in [2.75, 3.05) is 51.0 Å². The SMILES string of the molecule is CSc1cccc(NC(=O)C(=O)NCCN2CCOCC2)c1. The number of hydrogen-bond acceptors (Lipinski definition) is 5. The molecule has 0 unspecified atom stereocenters. The van der Waals surface area contributed by atoms with Crippen LogP contribution in [0.1, 0.15) is 0 Å². The van der Waals surface area contributed by atoms with Crippen LogP contribution in [-0.2, 0) is 14.3 Å². The number of morpholine rings is 1. The molecule has 2 amide bonds. The maximum absolute atomic E-state index is 11.8. The predicted molar refractivity (Wildman–Crippen MR) is 87.1 cm³/mol. The van der Waals surface area contributed by atoms with E-state index in [1.165, 1.54) is 0 Å². The molecule has 0 spiro atoms. The van der Waals surface area contributed by atoms with E-state index in [0.717, 1.165) is 37.7 Å². The molecule has 0 radical (unpaired) electrons. The van der Waals surface area contributed by atoms with Crippen LogP contribution in [0.2, 0.25) is 0 Å². The second-order valence-electron chi connectivity index (χ2n) is 4.90. The summed E-state index contributed by atoms with van der Waals surface area (Å²) >= 11 is 1.58. The van der Waals surface area contributed by atoms with Crippen LogP contribution in [0.4, 0.5) is 5.69 Å². The van der Waals surface area contributed by atoms with Gasteiger partial charge in [-0.25, -0.2) is 0 Å². The smallest absolute Gasteiger partial charge is 0.313 e. The zero-order valence-corrected chi connectivity index (χ0v) is 13.4. The number of carbonyl (C=O) groups excluding carboxylic acids is 2. The quantitative estimate of drug-likeness (QED) is 0.619. The summed E-state index contributed by atoms with van der Waals surface area (Å²) < 4.78 is 5.26. The molecule has 0 bridgehead atoms. The summed E-state index contributed by atoms with van der Waals surface area (Å²) in [6, 6.07) is 7.39. The minimum Gasteiger partial charge on any atom is -0.379 e. The van der Waals surface area contributed by atoms with Gasteiger partial charge >= 0.3 is 11.8 Å². The van der Waals surface area contributed by atoms with Crippen molar-refractivity contribution in [2.24, 2.45) is 0 Å².